The van der Waals surface area contributed by atoms with Crippen molar-refractivity contribution in [1.82, 2.24) is 5.06 Å². The monoisotopic (exact) mass is 231 g/mol. The summed E-state index contributed by atoms with van der Waals surface area (Å²) < 4.78 is 0. The number of nitrogens with zero attached hydrogens (tertiary/aromatic N) is 1. The Morgan fingerprint density at radius 2 is 1.94 bits per heavy atom. The van der Waals surface area contributed by atoms with Gasteiger partial charge in [0.2, 0.25) is 0 Å². The molecule has 1 amide bonds. The van der Waals surface area contributed by atoms with Gasteiger partial charge in [-0.3, -0.25) is 9.59 Å². The fourth-order valence-corrected chi connectivity index (χ4v) is 1.86. The summed E-state index contributed by atoms with van der Waals surface area (Å²) >= 11 is 0. The molecule has 0 fully saturated rings. The summed E-state index contributed by atoms with van der Waals surface area (Å²) in [5.74, 6) is -0.837. The van der Waals surface area contributed by atoms with E-state index in [1.165, 1.54) is 13.0 Å². The number of amides is 1. The van der Waals surface area contributed by atoms with E-state index in [1.807, 2.05) is 37.3 Å². The quantitative estimate of drug-likeness (QED) is 0.779. The molecular formula is C13H13NO3. The number of carbonyl (C=O) groups excluding carboxylic acids is 2. The Morgan fingerprint density at radius 3 is 2.53 bits per heavy atom. The van der Waals surface area contributed by atoms with E-state index in [1.54, 1.807) is 6.08 Å². The topological polar surface area (TPSA) is 46.6 Å². The SMILES string of the molecule is CC(=O)ON1C(=O)C=CC1(C)c1ccccc1. The molecule has 1 atom stereocenters. The average molecular weight is 231 g/mol. The van der Waals surface area contributed by atoms with E-state index in [9.17, 15) is 9.59 Å². The molecule has 0 aliphatic carbocycles. The molecule has 1 aromatic rings. The van der Waals surface area contributed by atoms with Crippen LogP contribution >= 0.6 is 0 Å². The maximum atomic E-state index is 11.7. The molecule has 4 heteroatoms. The van der Waals surface area contributed by atoms with Crippen LogP contribution in [0.2, 0.25) is 0 Å². The van der Waals surface area contributed by atoms with Crippen molar-refractivity contribution in [3.05, 3.63) is 48.0 Å². The molecule has 0 spiro atoms. The van der Waals surface area contributed by atoms with Gasteiger partial charge in [0.1, 0.15) is 5.54 Å². The zero-order valence-corrected chi connectivity index (χ0v) is 9.71. The summed E-state index contributed by atoms with van der Waals surface area (Å²) in [6, 6.07) is 9.43. The van der Waals surface area contributed by atoms with Crippen molar-refractivity contribution in [1.29, 1.82) is 0 Å². The van der Waals surface area contributed by atoms with Crippen LogP contribution in [0.1, 0.15) is 19.4 Å². The molecule has 1 aliphatic rings. The number of carbonyl (C=O) groups is 2. The normalized spacial score (nSPS) is 22.9. The second-order valence-electron chi connectivity index (χ2n) is 4.06. The zero-order valence-electron chi connectivity index (χ0n) is 9.71. The van der Waals surface area contributed by atoms with E-state index in [-0.39, 0.29) is 5.91 Å². The molecule has 2 rings (SSSR count). The van der Waals surface area contributed by atoms with Crippen LogP contribution in [0.15, 0.2) is 42.5 Å². The Morgan fingerprint density at radius 1 is 1.29 bits per heavy atom. The van der Waals surface area contributed by atoms with Gasteiger partial charge in [-0.2, -0.15) is 5.06 Å². The highest BCUT2D eigenvalue weighted by Crippen LogP contribution is 2.34. The Kier molecular flexibility index (Phi) is 2.71. The molecule has 1 aliphatic heterocycles. The number of hydroxylamine groups is 2. The first-order valence-electron chi connectivity index (χ1n) is 5.31. The van der Waals surface area contributed by atoms with Crippen molar-refractivity contribution in [2.45, 2.75) is 19.4 Å². The highest BCUT2D eigenvalue weighted by atomic mass is 16.7. The second kappa shape index (κ2) is 4.05. The molecule has 0 saturated carbocycles. The molecule has 0 bridgehead atoms. The van der Waals surface area contributed by atoms with Crippen LogP contribution in [0.4, 0.5) is 0 Å². The number of rotatable bonds is 2. The van der Waals surface area contributed by atoms with Gasteiger partial charge in [-0.15, -0.1) is 0 Å². The average Bonchev–Trinajstić information content (AvgIpc) is 2.59. The highest BCUT2D eigenvalue weighted by molar-refractivity contribution is 5.91. The Labute approximate surface area is 99.4 Å². The predicted octanol–water partition coefficient (Wildman–Crippen LogP) is 1.78. The van der Waals surface area contributed by atoms with Crippen LogP contribution in [0.3, 0.4) is 0 Å². The van der Waals surface area contributed by atoms with E-state index < -0.39 is 11.5 Å². The van der Waals surface area contributed by atoms with Gasteiger partial charge in [0.15, 0.2) is 0 Å². The third-order valence-corrected chi connectivity index (χ3v) is 2.75. The van der Waals surface area contributed by atoms with Gasteiger partial charge < -0.3 is 4.84 Å². The van der Waals surface area contributed by atoms with Gasteiger partial charge in [-0.1, -0.05) is 30.3 Å². The Bertz CT molecular complexity index is 481. The summed E-state index contributed by atoms with van der Waals surface area (Å²) in [6.07, 6.45) is 3.14. The lowest BCUT2D eigenvalue weighted by Gasteiger charge is -2.32. The fraction of sp³-hybridized carbons (Fsp3) is 0.231. The summed E-state index contributed by atoms with van der Waals surface area (Å²) in [6.45, 7) is 3.10. The van der Waals surface area contributed by atoms with E-state index in [2.05, 4.69) is 0 Å². The van der Waals surface area contributed by atoms with Gasteiger partial charge in [0.25, 0.3) is 5.91 Å². The molecule has 0 radical (unpaired) electrons. The summed E-state index contributed by atoms with van der Waals surface area (Å²) in [5.41, 5.74) is 0.160. The van der Waals surface area contributed by atoms with Crippen LogP contribution in [0.25, 0.3) is 0 Å². The molecule has 1 aromatic carbocycles. The van der Waals surface area contributed by atoms with Crippen molar-refractivity contribution >= 4 is 11.9 Å². The molecule has 88 valence electrons. The lowest BCUT2D eigenvalue weighted by Crippen LogP contribution is -2.42. The zero-order chi connectivity index (χ0) is 12.5. The minimum atomic E-state index is -0.732. The Balaban J connectivity index is 2.38. The van der Waals surface area contributed by atoms with Crippen molar-refractivity contribution in [3.8, 4) is 0 Å². The first kappa shape index (κ1) is 11.4. The van der Waals surface area contributed by atoms with Gasteiger partial charge in [0.05, 0.1) is 0 Å². The molecule has 1 heterocycles. The molecule has 1 unspecified atom stereocenters. The van der Waals surface area contributed by atoms with E-state index in [4.69, 9.17) is 4.84 Å². The number of benzene rings is 1. The lowest BCUT2D eigenvalue weighted by molar-refractivity contribution is -0.208. The van der Waals surface area contributed by atoms with Crippen molar-refractivity contribution in [3.63, 3.8) is 0 Å². The van der Waals surface area contributed by atoms with Crippen LogP contribution in [-0.4, -0.2) is 16.9 Å². The van der Waals surface area contributed by atoms with Crippen LogP contribution in [0.5, 0.6) is 0 Å². The number of hydrogen-bond donors (Lipinski definition) is 0. The van der Waals surface area contributed by atoms with Crippen LogP contribution < -0.4 is 0 Å². The van der Waals surface area contributed by atoms with Crippen LogP contribution in [-0.2, 0) is 20.0 Å². The highest BCUT2D eigenvalue weighted by Gasteiger charge is 2.41. The third-order valence-electron chi connectivity index (χ3n) is 2.75. The lowest BCUT2D eigenvalue weighted by atomic mass is 9.93. The van der Waals surface area contributed by atoms with Crippen LogP contribution in [0, 0.1) is 0 Å². The Hall–Kier alpha value is -2.10. The molecule has 0 saturated heterocycles. The van der Waals surface area contributed by atoms with Crippen molar-refractivity contribution in [2.75, 3.05) is 0 Å². The van der Waals surface area contributed by atoms with Gasteiger partial charge in [0, 0.05) is 13.0 Å². The standard InChI is InChI=1S/C13H13NO3/c1-10(15)17-14-12(16)8-9-13(14,2)11-6-4-3-5-7-11/h3-9H,1-2H3. The second-order valence-corrected chi connectivity index (χ2v) is 4.06. The minimum absolute atomic E-state index is 0.327. The summed E-state index contributed by atoms with van der Waals surface area (Å²) in [5, 5.41) is 1.10. The predicted molar refractivity (Wildman–Crippen MR) is 61.5 cm³/mol. The fourth-order valence-electron chi connectivity index (χ4n) is 1.86. The van der Waals surface area contributed by atoms with E-state index >= 15 is 0 Å². The first-order chi connectivity index (χ1) is 8.04. The summed E-state index contributed by atoms with van der Waals surface area (Å²) in [4.78, 5) is 27.7. The maximum absolute atomic E-state index is 11.7. The van der Waals surface area contributed by atoms with E-state index in [0.717, 1.165) is 10.6 Å². The molecule has 17 heavy (non-hydrogen) atoms. The molecule has 0 aromatic heterocycles. The van der Waals surface area contributed by atoms with E-state index in [0.29, 0.717) is 0 Å². The molecular weight excluding hydrogens is 218 g/mol. The third kappa shape index (κ3) is 1.93. The van der Waals surface area contributed by atoms with Gasteiger partial charge in [-0.25, -0.2) is 0 Å². The summed E-state index contributed by atoms with van der Waals surface area (Å²) in [7, 11) is 0. The van der Waals surface area contributed by atoms with Crippen molar-refractivity contribution in [2.24, 2.45) is 0 Å². The molecule has 0 N–H and O–H groups in total. The molecule has 4 nitrogen and oxygen atoms in total. The first-order valence-corrected chi connectivity index (χ1v) is 5.31. The minimum Gasteiger partial charge on any atom is -0.337 e. The number of hydrogen-bond acceptors (Lipinski definition) is 3. The van der Waals surface area contributed by atoms with Crippen molar-refractivity contribution < 1.29 is 14.4 Å². The smallest absolute Gasteiger partial charge is 0.329 e. The van der Waals surface area contributed by atoms with Gasteiger partial charge >= 0.3 is 5.97 Å². The van der Waals surface area contributed by atoms with Gasteiger partial charge in [-0.05, 0) is 18.6 Å². The largest absolute Gasteiger partial charge is 0.337 e. The maximum Gasteiger partial charge on any atom is 0.329 e.